The molecule has 0 saturated carbocycles. The Morgan fingerprint density at radius 3 is 2.95 bits per heavy atom. The molecule has 1 aliphatic rings. The minimum Gasteiger partial charge on any atom is -0.375 e. The van der Waals surface area contributed by atoms with Gasteiger partial charge < -0.3 is 10.1 Å². The van der Waals surface area contributed by atoms with Gasteiger partial charge in [0, 0.05) is 24.1 Å². The number of ketones is 1. The first-order valence-corrected chi connectivity index (χ1v) is 6.88. The molecular weight excluding hydrogens is 280 g/mol. The molecule has 1 aliphatic heterocycles. The zero-order valence-corrected chi connectivity index (χ0v) is 11.5. The number of benzene rings is 1. The summed E-state index contributed by atoms with van der Waals surface area (Å²) < 4.78 is 28.5. The number of carbonyl (C=O) groups is 2. The number of aryl methyl sites for hydroxylation is 1. The van der Waals surface area contributed by atoms with Gasteiger partial charge >= 0.3 is 0 Å². The molecule has 1 N–H and O–H groups in total. The number of amides is 1. The van der Waals surface area contributed by atoms with Crippen LogP contribution in [-0.4, -0.2) is 37.9 Å². The van der Waals surface area contributed by atoms with Gasteiger partial charge in [-0.2, -0.15) is 0 Å². The maximum Gasteiger partial charge on any atom is 0.261 e. The molecule has 21 heavy (non-hydrogen) atoms. The van der Waals surface area contributed by atoms with Crippen molar-refractivity contribution in [2.45, 2.75) is 25.7 Å². The van der Waals surface area contributed by atoms with Gasteiger partial charge in [-0.1, -0.05) is 12.1 Å². The average Bonchev–Trinajstić information content (AvgIpc) is 2.65. The molecule has 4 nitrogen and oxygen atoms in total. The highest BCUT2D eigenvalue weighted by Gasteiger charge is 2.17. The van der Waals surface area contributed by atoms with Crippen molar-refractivity contribution in [3.8, 4) is 0 Å². The van der Waals surface area contributed by atoms with Crippen molar-refractivity contribution in [3.63, 3.8) is 0 Å². The first-order valence-electron chi connectivity index (χ1n) is 6.88. The van der Waals surface area contributed by atoms with Crippen LogP contribution in [0.1, 0.15) is 39.1 Å². The number of Topliss-reactive ketones (excluding diaryl/α,β-unsaturated/α-hetero) is 1. The largest absolute Gasteiger partial charge is 0.375 e. The van der Waals surface area contributed by atoms with Gasteiger partial charge in [-0.25, -0.2) is 8.78 Å². The van der Waals surface area contributed by atoms with Crippen LogP contribution >= 0.6 is 0 Å². The van der Waals surface area contributed by atoms with Crippen molar-refractivity contribution in [1.29, 1.82) is 0 Å². The van der Waals surface area contributed by atoms with Crippen molar-refractivity contribution in [2.24, 2.45) is 0 Å². The quantitative estimate of drug-likeness (QED) is 0.647. The summed E-state index contributed by atoms with van der Waals surface area (Å²) in [6.07, 6.45) is -0.850. The third kappa shape index (κ3) is 4.32. The predicted octanol–water partition coefficient (Wildman–Crippen LogP) is 2.22. The van der Waals surface area contributed by atoms with E-state index in [4.69, 9.17) is 4.74 Å². The van der Waals surface area contributed by atoms with Gasteiger partial charge in [-0.05, 0) is 24.5 Å². The molecule has 6 heteroatoms. The Labute approximate surface area is 121 Å². The van der Waals surface area contributed by atoms with E-state index in [0.29, 0.717) is 17.7 Å². The van der Waals surface area contributed by atoms with Crippen LogP contribution in [0.4, 0.5) is 8.78 Å². The Morgan fingerprint density at radius 2 is 2.19 bits per heavy atom. The average molecular weight is 297 g/mol. The molecule has 0 saturated heterocycles. The number of nitrogens with one attached hydrogen (secondary N) is 1. The molecule has 2 rings (SSSR count). The molecule has 0 radical (unpaired) electrons. The summed E-state index contributed by atoms with van der Waals surface area (Å²) in [7, 11) is 0. The molecule has 0 atom stereocenters. The zero-order chi connectivity index (χ0) is 15.2. The summed E-state index contributed by atoms with van der Waals surface area (Å²) in [6.45, 7) is -0.0927. The van der Waals surface area contributed by atoms with E-state index in [2.05, 4.69) is 5.32 Å². The maximum absolute atomic E-state index is 12.0. The van der Waals surface area contributed by atoms with Gasteiger partial charge in [0.05, 0.1) is 6.61 Å². The minimum absolute atomic E-state index is 0.0210. The van der Waals surface area contributed by atoms with E-state index in [9.17, 15) is 18.4 Å². The van der Waals surface area contributed by atoms with E-state index in [0.717, 1.165) is 18.4 Å². The van der Waals surface area contributed by atoms with Gasteiger partial charge in [0.25, 0.3) is 12.3 Å². The van der Waals surface area contributed by atoms with Crippen LogP contribution in [0.25, 0.3) is 0 Å². The summed E-state index contributed by atoms with van der Waals surface area (Å²) in [5, 5.41) is 2.77. The standard InChI is InChI=1S/C15H17F2NO3/c16-14(17)9-21-7-5-13(19)11-4-3-10-2-1-6-18-15(20)12(10)8-11/h3-4,8,14H,1-2,5-7,9H2,(H,18,20). The number of carbonyl (C=O) groups excluding carboxylic acids is 2. The molecule has 0 unspecified atom stereocenters. The summed E-state index contributed by atoms with van der Waals surface area (Å²) in [5.74, 6) is -0.393. The van der Waals surface area contributed by atoms with E-state index in [-0.39, 0.29) is 24.7 Å². The van der Waals surface area contributed by atoms with Crippen molar-refractivity contribution >= 4 is 11.7 Å². The zero-order valence-electron chi connectivity index (χ0n) is 11.5. The highest BCUT2D eigenvalue weighted by Crippen LogP contribution is 2.17. The van der Waals surface area contributed by atoms with E-state index < -0.39 is 13.0 Å². The van der Waals surface area contributed by atoms with Crippen LogP contribution in [0.3, 0.4) is 0 Å². The summed E-state index contributed by atoms with van der Waals surface area (Å²) in [6, 6.07) is 5.03. The lowest BCUT2D eigenvalue weighted by Gasteiger charge is -2.08. The SMILES string of the molecule is O=C(CCOCC(F)F)c1ccc2c(c1)C(=O)NCCC2. The fraction of sp³-hybridized carbons (Fsp3) is 0.467. The third-order valence-corrected chi connectivity index (χ3v) is 3.30. The van der Waals surface area contributed by atoms with Crippen molar-refractivity contribution < 1.29 is 23.1 Å². The lowest BCUT2D eigenvalue weighted by atomic mass is 9.98. The number of rotatable bonds is 6. The molecule has 0 aliphatic carbocycles. The number of hydrogen-bond donors (Lipinski definition) is 1. The molecule has 0 fully saturated rings. The summed E-state index contributed by atoms with van der Waals surface area (Å²) >= 11 is 0. The van der Waals surface area contributed by atoms with Crippen molar-refractivity contribution in [2.75, 3.05) is 19.8 Å². The van der Waals surface area contributed by atoms with E-state index in [1.807, 2.05) is 0 Å². The van der Waals surface area contributed by atoms with E-state index >= 15 is 0 Å². The van der Waals surface area contributed by atoms with Crippen molar-refractivity contribution in [3.05, 3.63) is 34.9 Å². The Balaban J connectivity index is 2.00. The molecule has 0 spiro atoms. The second-order valence-corrected chi connectivity index (χ2v) is 4.87. The second-order valence-electron chi connectivity index (χ2n) is 4.87. The van der Waals surface area contributed by atoms with Crippen LogP contribution in [-0.2, 0) is 11.2 Å². The van der Waals surface area contributed by atoms with Crippen molar-refractivity contribution in [1.82, 2.24) is 5.32 Å². The second kappa shape index (κ2) is 7.26. The van der Waals surface area contributed by atoms with E-state index in [1.165, 1.54) is 0 Å². The number of fused-ring (bicyclic) bond motifs is 1. The summed E-state index contributed by atoms with van der Waals surface area (Å²) in [4.78, 5) is 23.9. The number of halogens is 2. The van der Waals surface area contributed by atoms with Gasteiger partial charge in [0.1, 0.15) is 6.61 Å². The molecular formula is C15H17F2NO3. The molecule has 114 valence electrons. The molecule has 1 aromatic carbocycles. The Bertz CT molecular complexity index is 532. The molecule has 0 bridgehead atoms. The number of hydrogen-bond acceptors (Lipinski definition) is 3. The minimum atomic E-state index is -2.53. The van der Waals surface area contributed by atoms with Gasteiger partial charge in [-0.3, -0.25) is 9.59 Å². The Kier molecular flexibility index (Phi) is 5.38. The number of alkyl halides is 2. The van der Waals surface area contributed by atoms with Gasteiger partial charge in [-0.15, -0.1) is 0 Å². The van der Waals surface area contributed by atoms with Crippen LogP contribution in [0.5, 0.6) is 0 Å². The third-order valence-electron chi connectivity index (χ3n) is 3.30. The van der Waals surface area contributed by atoms with Crippen LogP contribution in [0.2, 0.25) is 0 Å². The topological polar surface area (TPSA) is 55.4 Å². The summed E-state index contributed by atoms with van der Waals surface area (Å²) in [5.41, 5.74) is 1.86. The van der Waals surface area contributed by atoms with Gasteiger partial charge in [0.2, 0.25) is 0 Å². The first kappa shape index (κ1) is 15.6. The smallest absolute Gasteiger partial charge is 0.261 e. The predicted molar refractivity (Wildman–Crippen MR) is 72.9 cm³/mol. The fourth-order valence-electron chi connectivity index (χ4n) is 2.24. The van der Waals surface area contributed by atoms with Crippen LogP contribution in [0, 0.1) is 0 Å². The lowest BCUT2D eigenvalue weighted by molar-refractivity contribution is 0.0170. The first-order chi connectivity index (χ1) is 10.1. The molecule has 0 aromatic heterocycles. The monoisotopic (exact) mass is 297 g/mol. The highest BCUT2D eigenvalue weighted by molar-refractivity contribution is 6.01. The maximum atomic E-state index is 12.0. The normalized spacial score (nSPS) is 14.5. The molecule has 1 aromatic rings. The number of ether oxygens (including phenoxy) is 1. The van der Waals surface area contributed by atoms with Gasteiger partial charge in [0.15, 0.2) is 5.78 Å². The Hall–Kier alpha value is -1.82. The van der Waals surface area contributed by atoms with E-state index in [1.54, 1.807) is 18.2 Å². The fourth-order valence-corrected chi connectivity index (χ4v) is 2.24. The van der Waals surface area contributed by atoms with Crippen LogP contribution < -0.4 is 5.32 Å². The molecule has 1 amide bonds. The lowest BCUT2D eigenvalue weighted by Crippen LogP contribution is -2.23. The van der Waals surface area contributed by atoms with Crippen LogP contribution in [0.15, 0.2) is 18.2 Å². The molecule has 1 heterocycles. The Morgan fingerprint density at radius 1 is 1.38 bits per heavy atom. The highest BCUT2D eigenvalue weighted by atomic mass is 19.3.